The van der Waals surface area contributed by atoms with Crippen molar-refractivity contribution >= 4 is 33.6 Å². The van der Waals surface area contributed by atoms with Crippen LogP contribution in [0.2, 0.25) is 0 Å². The number of carbonyl (C=O) groups is 2. The first-order chi connectivity index (χ1) is 9.33. The van der Waals surface area contributed by atoms with Crippen molar-refractivity contribution in [2.45, 2.75) is 33.2 Å². The van der Waals surface area contributed by atoms with Crippen LogP contribution in [0.1, 0.15) is 25.8 Å². The maximum absolute atomic E-state index is 11.9. The minimum atomic E-state index is -1.03. The summed E-state index contributed by atoms with van der Waals surface area (Å²) in [6.07, 6.45) is 0.674. The van der Waals surface area contributed by atoms with E-state index >= 15 is 0 Å². The molecule has 2 atom stereocenters. The third-order valence-electron chi connectivity index (χ3n) is 3.07. The second kappa shape index (κ2) is 7.28. The molecule has 6 heteroatoms. The van der Waals surface area contributed by atoms with Crippen LogP contribution in [0.4, 0.5) is 10.5 Å². The molecule has 2 amide bonds. The number of hydrogen-bond donors (Lipinski definition) is 3. The Morgan fingerprint density at radius 3 is 2.50 bits per heavy atom. The lowest BCUT2D eigenvalue weighted by molar-refractivity contribution is -0.140. The highest BCUT2D eigenvalue weighted by molar-refractivity contribution is 9.10. The van der Waals surface area contributed by atoms with Crippen molar-refractivity contribution in [3.05, 3.63) is 28.2 Å². The summed E-state index contributed by atoms with van der Waals surface area (Å²) in [6.45, 7) is 5.59. The van der Waals surface area contributed by atoms with E-state index in [9.17, 15) is 9.59 Å². The van der Waals surface area contributed by atoms with Gasteiger partial charge in [-0.25, -0.2) is 9.59 Å². The largest absolute Gasteiger partial charge is 0.480 e. The van der Waals surface area contributed by atoms with Gasteiger partial charge in [-0.15, -0.1) is 0 Å². The molecule has 0 aromatic heterocycles. The average Bonchev–Trinajstić information content (AvgIpc) is 2.33. The molecule has 0 spiro atoms. The summed E-state index contributed by atoms with van der Waals surface area (Å²) in [5, 5.41) is 14.3. The van der Waals surface area contributed by atoms with Crippen LogP contribution in [0.5, 0.6) is 0 Å². The van der Waals surface area contributed by atoms with Crippen molar-refractivity contribution in [1.29, 1.82) is 0 Å². The number of urea groups is 1. The summed E-state index contributed by atoms with van der Waals surface area (Å²) >= 11 is 3.35. The molecule has 0 bridgehead atoms. The molecule has 3 N–H and O–H groups in total. The number of aryl methyl sites for hydroxylation is 1. The number of halogens is 1. The van der Waals surface area contributed by atoms with Crippen LogP contribution in [0.3, 0.4) is 0 Å². The lowest BCUT2D eigenvalue weighted by Crippen LogP contribution is -2.46. The molecule has 0 aliphatic carbocycles. The monoisotopic (exact) mass is 342 g/mol. The Hall–Kier alpha value is -1.56. The standard InChI is InChI=1S/C14H19BrN2O3/c1-4-9(3)12(13(18)19)17-14(20)16-11-6-8(2)5-10(15)7-11/h5-7,9,12H,4H2,1-3H3,(H,18,19)(H2,16,17,20)/t9?,12-/m0/s1. The predicted molar refractivity (Wildman–Crippen MR) is 81.9 cm³/mol. The molecular weight excluding hydrogens is 324 g/mol. The summed E-state index contributed by atoms with van der Waals surface area (Å²) < 4.78 is 0.851. The van der Waals surface area contributed by atoms with Crippen LogP contribution in [0, 0.1) is 12.8 Å². The smallest absolute Gasteiger partial charge is 0.326 e. The van der Waals surface area contributed by atoms with E-state index in [0.717, 1.165) is 10.0 Å². The lowest BCUT2D eigenvalue weighted by Gasteiger charge is -2.20. The highest BCUT2D eigenvalue weighted by Crippen LogP contribution is 2.19. The average molecular weight is 343 g/mol. The summed E-state index contributed by atoms with van der Waals surface area (Å²) in [5.41, 5.74) is 1.61. The summed E-state index contributed by atoms with van der Waals surface area (Å²) in [6, 6.07) is 4.07. The molecule has 110 valence electrons. The molecule has 1 rings (SSSR count). The van der Waals surface area contributed by atoms with Crippen molar-refractivity contribution in [2.75, 3.05) is 5.32 Å². The lowest BCUT2D eigenvalue weighted by atomic mass is 9.99. The minimum Gasteiger partial charge on any atom is -0.480 e. The van der Waals surface area contributed by atoms with Gasteiger partial charge in [0.05, 0.1) is 0 Å². The fourth-order valence-electron chi connectivity index (χ4n) is 1.80. The van der Waals surface area contributed by atoms with Crippen LogP contribution < -0.4 is 10.6 Å². The van der Waals surface area contributed by atoms with Gasteiger partial charge in [0.25, 0.3) is 0 Å². The first-order valence-electron chi connectivity index (χ1n) is 6.41. The van der Waals surface area contributed by atoms with Crippen molar-refractivity contribution < 1.29 is 14.7 Å². The van der Waals surface area contributed by atoms with Gasteiger partial charge in [0, 0.05) is 10.2 Å². The molecule has 0 saturated heterocycles. The second-order valence-corrected chi connectivity index (χ2v) is 5.73. The normalized spacial score (nSPS) is 13.4. The summed E-state index contributed by atoms with van der Waals surface area (Å²) in [4.78, 5) is 23.0. The van der Waals surface area contributed by atoms with E-state index in [4.69, 9.17) is 5.11 Å². The van der Waals surface area contributed by atoms with Gasteiger partial charge in [0.15, 0.2) is 0 Å². The van der Waals surface area contributed by atoms with Crippen molar-refractivity contribution in [1.82, 2.24) is 5.32 Å². The number of anilines is 1. The highest BCUT2D eigenvalue weighted by Gasteiger charge is 2.25. The van der Waals surface area contributed by atoms with Crippen LogP contribution >= 0.6 is 15.9 Å². The SMILES string of the molecule is CCC(C)[C@H](NC(=O)Nc1cc(C)cc(Br)c1)C(=O)O. The summed E-state index contributed by atoms with van der Waals surface area (Å²) in [7, 11) is 0. The maximum atomic E-state index is 11.9. The van der Waals surface area contributed by atoms with Crippen LogP contribution in [-0.2, 0) is 4.79 Å². The van der Waals surface area contributed by atoms with Crippen LogP contribution in [0.25, 0.3) is 0 Å². The third-order valence-corrected chi connectivity index (χ3v) is 3.52. The zero-order valence-electron chi connectivity index (χ0n) is 11.7. The van der Waals surface area contributed by atoms with E-state index in [-0.39, 0.29) is 5.92 Å². The first-order valence-corrected chi connectivity index (χ1v) is 7.20. The second-order valence-electron chi connectivity index (χ2n) is 4.82. The molecule has 0 radical (unpaired) electrons. The molecule has 0 fully saturated rings. The van der Waals surface area contributed by atoms with Gasteiger partial charge in [-0.2, -0.15) is 0 Å². The van der Waals surface area contributed by atoms with Crippen molar-refractivity contribution in [3.8, 4) is 0 Å². The Balaban J connectivity index is 2.73. The van der Waals surface area contributed by atoms with E-state index < -0.39 is 18.0 Å². The zero-order valence-corrected chi connectivity index (χ0v) is 13.3. The van der Waals surface area contributed by atoms with Gasteiger partial charge < -0.3 is 15.7 Å². The molecular formula is C14H19BrN2O3. The quantitative estimate of drug-likeness (QED) is 0.767. The summed E-state index contributed by atoms with van der Waals surface area (Å²) in [5.74, 6) is -1.16. The van der Waals surface area contributed by atoms with Gasteiger partial charge in [0.1, 0.15) is 6.04 Å². The Kier molecular flexibility index (Phi) is 6.01. The molecule has 0 saturated carbocycles. The van der Waals surface area contributed by atoms with Crippen LogP contribution in [0.15, 0.2) is 22.7 Å². The fourth-order valence-corrected chi connectivity index (χ4v) is 2.41. The fraction of sp³-hybridized carbons (Fsp3) is 0.429. The van der Waals surface area contributed by atoms with E-state index in [1.54, 1.807) is 13.0 Å². The number of nitrogens with one attached hydrogen (secondary N) is 2. The number of carbonyl (C=O) groups excluding carboxylic acids is 1. The predicted octanol–water partition coefficient (Wildman–Crippen LogP) is 3.38. The molecule has 0 aliphatic rings. The molecule has 1 aromatic carbocycles. The number of rotatable bonds is 5. The maximum Gasteiger partial charge on any atom is 0.326 e. The van der Waals surface area contributed by atoms with E-state index in [2.05, 4.69) is 26.6 Å². The van der Waals surface area contributed by atoms with Gasteiger partial charge in [-0.3, -0.25) is 0 Å². The Labute approximate surface area is 126 Å². The number of carboxylic acid groups (broad SMARTS) is 1. The molecule has 0 heterocycles. The molecule has 1 aromatic rings. The molecule has 20 heavy (non-hydrogen) atoms. The zero-order chi connectivity index (χ0) is 15.3. The Morgan fingerprint density at radius 2 is 2.00 bits per heavy atom. The van der Waals surface area contributed by atoms with Crippen LogP contribution in [-0.4, -0.2) is 23.1 Å². The topological polar surface area (TPSA) is 78.4 Å². The first kappa shape index (κ1) is 16.5. The Bertz CT molecular complexity index is 485. The van der Waals surface area contributed by atoms with Gasteiger partial charge in [-0.1, -0.05) is 36.2 Å². The highest BCUT2D eigenvalue weighted by atomic mass is 79.9. The number of aliphatic carboxylic acids is 1. The number of hydrogen-bond acceptors (Lipinski definition) is 2. The molecule has 5 nitrogen and oxygen atoms in total. The van der Waals surface area contributed by atoms with Gasteiger partial charge >= 0.3 is 12.0 Å². The minimum absolute atomic E-state index is 0.137. The number of amides is 2. The third kappa shape index (κ3) is 4.85. The van der Waals surface area contributed by atoms with E-state index in [0.29, 0.717) is 12.1 Å². The van der Waals surface area contributed by atoms with Gasteiger partial charge in [-0.05, 0) is 36.6 Å². The van der Waals surface area contributed by atoms with E-state index in [1.165, 1.54) is 0 Å². The number of benzene rings is 1. The Morgan fingerprint density at radius 1 is 1.35 bits per heavy atom. The number of carboxylic acids is 1. The molecule has 1 unspecified atom stereocenters. The van der Waals surface area contributed by atoms with Gasteiger partial charge in [0.2, 0.25) is 0 Å². The molecule has 0 aliphatic heterocycles. The van der Waals surface area contributed by atoms with Crippen molar-refractivity contribution in [3.63, 3.8) is 0 Å². The van der Waals surface area contributed by atoms with Crippen molar-refractivity contribution in [2.24, 2.45) is 5.92 Å². The van der Waals surface area contributed by atoms with E-state index in [1.807, 2.05) is 26.0 Å².